The number of nitriles is 1. The Labute approximate surface area is 78.1 Å². The van der Waals surface area contributed by atoms with Crippen molar-refractivity contribution in [1.29, 1.82) is 5.26 Å². The van der Waals surface area contributed by atoms with Crippen molar-refractivity contribution in [2.24, 2.45) is 5.92 Å². The molecule has 13 heavy (non-hydrogen) atoms. The van der Waals surface area contributed by atoms with E-state index < -0.39 is 5.92 Å². The maximum atomic E-state index is 11.6. The molecule has 1 rings (SSSR count). The van der Waals surface area contributed by atoms with Gasteiger partial charge in [0.15, 0.2) is 0 Å². The van der Waals surface area contributed by atoms with Gasteiger partial charge in [-0.05, 0) is 13.8 Å². The molecule has 1 heterocycles. The van der Waals surface area contributed by atoms with Crippen LogP contribution in [0.25, 0.3) is 0 Å². The van der Waals surface area contributed by atoms with E-state index in [1.54, 1.807) is 11.8 Å². The third-order valence-electron chi connectivity index (χ3n) is 2.21. The monoisotopic (exact) mass is 182 g/mol. The Hall–Kier alpha value is -1.08. The molecule has 1 aliphatic rings. The van der Waals surface area contributed by atoms with Crippen molar-refractivity contribution in [3.05, 3.63) is 0 Å². The van der Waals surface area contributed by atoms with E-state index in [1.807, 2.05) is 13.0 Å². The molecule has 1 fully saturated rings. The molecule has 4 heteroatoms. The highest BCUT2D eigenvalue weighted by Gasteiger charge is 2.26. The molecule has 0 N–H and O–H groups in total. The lowest BCUT2D eigenvalue weighted by atomic mass is 10.1. The number of amides is 1. The number of rotatable bonds is 1. The van der Waals surface area contributed by atoms with Crippen LogP contribution in [0.5, 0.6) is 0 Å². The molecule has 0 spiro atoms. The molecule has 2 atom stereocenters. The van der Waals surface area contributed by atoms with Gasteiger partial charge >= 0.3 is 0 Å². The molecule has 0 aliphatic carbocycles. The van der Waals surface area contributed by atoms with Crippen LogP contribution in [0.3, 0.4) is 0 Å². The zero-order valence-electron chi connectivity index (χ0n) is 7.99. The number of morpholine rings is 1. The summed E-state index contributed by atoms with van der Waals surface area (Å²) in [5, 5.41) is 8.59. The van der Waals surface area contributed by atoms with Gasteiger partial charge in [-0.2, -0.15) is 5.26 Å². The first-order valence-electron chi connectivity index (χ1n) is 4.44. The van der Waals surface area contributed by atoms with Gasteiger partial charge in [0.1, 0.15) is 5.92 Å². The summed E-state index contributed by atoms with van der Waals surface area (Å²) in [6.07, 6.45) is 0. The van der Waals surface area contributed by atoms with E-state index in [4.69, 9.17) is 10.00 Å². The van der Waals surface area contributed by atoms with E-state index in [0.717, 1.165) is 0 Å². The summed E-state index contributed by atoms with van der Waals surface area (Å²) >= 11 is 0. The summed E-state index contributed by atoms with van der Waals surface area (Å²) < 4.78 is 5.20. The molecular formula is C9H14N2O2. The van der Waals surface area contributed by atoms with Crippen LogP contribution in [0.4, 0.5) is 0 Å². The number of carbonyl (C=O) groups is 1. The van der Waals surface area contributed by atoms with Gasteiger partial charge < -0.3 is 9.64 Å². The van der Waals surface area contributed by atoms with E-state index >= 15 is 0 Å². The number of hydrogen-bond acceptors (Lipinski definition) is 3. The smallest absolute Gasteiger partial charge is 0.240 e. The molecule has 0 aromatic carbocycles. The third-order valence-corrected chi connectivity index (χ3v) is 2.21. The van der Waals surface area contributed by atoms with Crippen molar-refractivity contribution in [2.45, 2.75) is 19.9 Å². The zero-order chi connectivity index (χ0) is 9.84. The fourth-order valence-corrected chi connectivity index (χ4v) is 1.36. The summed E-state index contributed by atoms with van der Waals surface area (Å²) in [4.78, 5) is 13.3. The van der Waals surface area contributed by atoms with Gasteiger partial charge in [-0.3, -0.25) is 4.79 Å². The van der Waals surface area contributed by atoms with Gasteiger partial charge in [0.05, 0.1) is 25.3 Å². The Bertz CT molecular complexity index is 234. The lowest BCUT2D eigenvalue weighted by Gasteiger charge is -2.33. The first-order valence-corrected chi connectivity index (χ1v) is 4.44. The number of ether oxygens (including phenoxy) is 1. The maximum absolute atomic E-state index is 11.6. The van der Waals surface area contributed by atoms with Crippen LogP contribution in [-0.4, -0.2) is 36.6 Å². The van der Waals surface area contributed by atoms with Crippen molar-refractivity contribution >= 4 is 5.91 Å². The van der Waals surface area contributed by atoms with Crippen LogP contribution >= 0.6 is 0 Å². The third kappa shape index (κ3) is 2.19. The molecule has 1 aliphatic heterocycles. The van der Waals surface area contributed by atoms with E-state index in [2.05, 4.69) is 0 Å². The predicted molar refractivity (Wildman–Crippen MR) is 46.8 cm³/mol. The van der Waals surface area contributed by atoms with Gasteiger partial charge in [0.25, 0.3) is 0 Å². The van der Waals surface area contributed by atoms with E-state index in [9.17, 15) is 4.79 Å². The largest absolute Gasteiger partial charge is 0.377 e. The highest BCUT2D eigenvalue weighted by atomic mass is 16.5. The SMILES string of the molecule is CC(C#N)C(=O)N1CCOCC1C. The first kappa shape index (κ1) is 10.0. The van der Waals surface area contributed by atoms with Crippen LogP contribution in [0.1, 0.15) is 13.8 Å². The highest BCUT2D eigenvalue weighted by Crippen LogP contribution is 2.10. The minimum absolute atomic E-state index is 0.0849. The molecule has 0 bridgehead atoms. The molecule has 1 saturated heterocycles. The second-order valence-corrected chi connectivity index (χ2v) is 3.31. The molecule has 0 aromatic rings. The first-order chi connectivity index (χ1) is 6.16. The second-order valence-electron chi connectivity index (χ2n) is 3.31. The number of carbonyl (C=O) groups excluding carboxylic acids is 1. The topological polar surface area (TPSA) is 53.3 Å². The molecular weight excluding hydrogens is 168 g/mol. The summed E-state index contributed by atoms with van der Waals surface area (Å²) in [7, 11) is 0. The molecule has 0 radical (unpaired) electrons. The molecule has 4 nitrogen and oxygen atoms in total. The molecule has 0 aromatic heterocycles. The van der Waals surface area contributed by atoms with Crippen molar-refractivity contribution in [2.75, 3.05) is 19.8 Å². The Kier molecular flexibility index (Phi) is 3.26. The molecule has 0 saturated carbocycles. The molecule has 1 amide bonds. The zero-order valence-corrected chi connectivity index (χ0v) is 7.99. The number of nitrogens with zero attached hydrogens (tertiary/aromatic N) is 2. The quantitative estimate of drug-likeness (QED) is 0.589. The van der Waals surface area contributed by atoms with Crippen LogP contribution in [0.2, 0.25) is 0 Å². The van der Waals surface area contributed by atoms with Crippen LogP contribution in [0, 0.1) is 17.2 Å². The fraction of sp³-hybridized carbons (Fsp3) is 0.778. The second kappa shape index (κ2) is 4.24. The maximum Gasteiger partial charge on any atom is 0.240 e. The Balaban J connectivity index is 2.59. The minimum Gasteiger partial charge on any atom is -0.377 e. The average Bonchev–Trinajstić information content (AvgIpc) is 2.16. The predicted octanol–water partition coefficient (Wildman–Crippen LogP) is 0.393. The minimum atomic E-state index is -0.541. The van der Waals surface area contributed by atoms with E-state index in [-0.39, 0.29) is 11.9 Å². The molecule has 2 unspecified atom stereocenters. The normalized spacial score (nSPS) is 25.0. The van der Waals surface area contributed by atoms with Crippen LogP contribution in [-0.2, 0) is 9.53 Å². The van der Waals surface area contributed by atoms with Gasteiger partial charge in [-0.15, -0.1) is 0 Å². The Morgan fingerprint density at radius 2 is 2.46 bits per heavy atom. The van der Waals surface area contributed by atoms with Crippen LogP contribution in [0.15, 0.2) is 0 Å². The van der Waals surface area contributed by atoms with Crippen molar-refractivity contribution in [3.8, 4) is 6.07 Å². The lowest BCUT2D eigenvalue weighted by Crippen LogP contribution is -2.48. The fourth-order valence-electron chi connectivity index (χ4n) is 1.36. The summed E-state index contributed by atoms with van der Waals surface area (Å²) in [6, 6.07) is 2.05. The Morgan fingerprint density at radius 1 is 1.77 bits per heavy atom. The van der Waals surface area contributed by atoms with Crippen molar-refractivity contribution in [1.82, 2.24) is 4.90 Å². The van der Waals surface area contributed by atoms with Gasteiger partial charge in [0, 0.05) is 6.54 Å². The average molecular weight is 182 g/mol. The van der Waals surface area contributed by atoms with Gasteiger partial charge in [-0.1, -0.05) is 0 Å². The molecule has 72 valence electrons. The van der Waals surface area contributed by atoms with Gasteiger partial charge in [0.2, 0.25) is 5.91 Å². The van der Waals surface area contributed by atoms with Crippen LogP contribution < -0.4 is 0 Å². The summed E-state index contributed by atoms with van der Waals surface area (Å²) in [5.74, 6) is -0.626. The standard InChI is InChI=1S/C9H14N2O2/c1-7(5-10)9(12)11-3-4-13-6-8(11)2/h7-8H,3-4,6H2,1-2H3. The van der Waals surface area contributed by atoms with Crippen molar-refractivity contribution in [3.63, 3.8) is 0 Å². The summed E-state index contributed by atoms with van der Waals surface area (Å²) in [6.45, 7) is 5.32. The van der Waals surface area contributed by atoms with E-state index in [0.29, 0.717) is 19.8 Å². The highest BCUT2D eigenvalue weighted by molar-refractivity contribution is 5.81. The summed E-state index contributed by atoms with van der Waals surface area (Å²) in [5.41, 5.74) is 0. The van der Waals surface area contributed by atoms with Gasteiger partial charge in [-0.25, -0.2) is 0 Å². The Morgan fingerprint density at radius 3 is 3.00 bits per heavy atom. The number of hydrogen-bond donors (Lipinski definition) is 0. The van der Waals surface area contributed by atoms with E-state index in [1.165, 1.54) is 0 Å². The lowest BCUT2D eigenvalue weighted by molar-refractivity contribution is -0.141. The van der Waals surface area contributed by atoms with Crippen molar-refractivity contribution < 1.29 is 9.53 Å².